The van der Waals surface area contributed by atoms with Crippen LogP contribution in [-0.2, 0) is 29.1 Å². The van der Waals surface area contributed by atoms with Crippen molar-refractivity contribution in [2.45, 2.75) is 39.5 Å². The Kier molecular flexibility index (Phi) is 7.19. The van der Waals surface area contributed by atoms with Crippen molar-refractivity contribution in [3.05, 3.63) is 75.7 Å². The lowest BCUT2D eigenvalue weighted by Crippen LogP contribution is -2.53. The molecule has 2 heterocycles. The standard InChI is InChI=1S/C25H28FN3O2S/c1-3-22-9-10-23(32-22)15-27-13-18-4-6-19(7-5-18)24-11-8-20(12-25(24)26)29-16-21(31-29)14-28-17(2)30/h4-12,21,27H,3,13-16H2,1-2H3,(H,28,30)/t21-/m0/s1. The zero-order valence-electron chi connectivity index (χ0n) is 18.4. The van der Waals surface area contributed by atoms with E-state index < -0.39 is 0 Å². The van der Waals surface area contributed by atoms with Gasteiger partial charge in [0, 0.05) is 47.9 Å². The van der Waals surface area contributed by atoms with E-state index in [4.69, 9.17) is 4.84 Å². The average Bonchev–Trinajstić information content (AvgIpc) is 3.21. The second-order valence-electron chi connectivity index (χ2n) is 7.91. The van der Waals surface area contributed by atoms with Gasteiger partial charge in [0.15, 0.2) is 0 Å². The first-order valence-electron chi connectivity index (χ1n) is 10.9. The van der Waals surface area contributed by atoms with E-state index in [2.05, 4.69) is 29.7 Å². The van der Waals surface area contributed by atoms with E-state index in [0.717, 1.165) is 30.6 Å². The van der Waals surface area contributed by atoms with Crippen LogP contribution in [0.3, 0.4) is 0 Å². The molecule has 1 aromatic heterocycles. The lowest BCUT2D eigenvalue weighted by molar-refractivity contribution is -0.121. The Hall–Kier alpha value is -2.74. The molecule has 0 bridgehead atoms. The molecule has 2 N–H and O–H groups in total. The van der Waals surface area contributed by atoms with E-state index in [-0.39, 0.29) is 17.8 Å². The van der Waals surface area contributed by atoms with Gasteiger partial charge in [-0.15, -0.1) is 11.3 Å². The van der Waals surface area contributed by atoms with E-state index in [1.165, 1.54) is 22.7 Å². The summed E-state index contributed by atoms with van der Waals surface area (Å²) in [5.74, 6) is -0.371. The van der Waals surface area contributed by atoms with Gasteiger partial charge in [0.2, 0.25) is 5.91 Å². The molecule has 7 heteroatoms. The number of anilines is 1. The molecule has 1 fully saturated rings. The maximum absolute atomic E-state index is 14.8. The van der Waals surface area contributed by atoms with Crippen molar-refractivity contribution in [2.75, 3.05) is 18.2 Å². The third kappa shape index (κ3) is 5.54. The number of amides is 1. The van der Waals surface area contributed by atoms with Gasteiger partial charge in [-0.3, -0.25) is 14.7 Å². The van der Waals surface area contributed by atoms with Crippen LogP contribution in [-0.4, -0.2) is 25.1 Å². The Morgan fingerprint density at radius 2 is 1.88 bits per heavy atom. The van der Waals surface area contributed by atoms with E-state index >= 15 is 0 Å². The summed E-state index contributed by atoms with van der Waals surface area (Å²) >= 11 is 1.85. The molecule has 4 rings (SSSR count). The summed E-state index contributed by atoms with van der Waals surface area (Å²) in [6.45, 7) is 6.35. The van der Waals surface area contributed by atoms with Gasteiger partial charge in [0.25, 0.3) is 0 Å². The fourth-order valence-corrected chi connectivity index (χ4v) is 4.54. The highest BCUT2D eigenvalue weighted by Gasteiger charge is 2.29. The Morgan fingerprint density at radius 3 is 2.53 bits per heavy atom. The van der Waals surface area contributed by atoms with E-state index in [1.54, 1.807) is 11.1 Å². The van der Waals surface area contributed by atoms with Crippen molar-refractivity contribution in [1.29, 1.82) is 0 Å². The summed E-state index contributed by atoms with van der Waals surface area (Å²) in [5, 5.41) is 7.84. The van der Waals surface area contributed by atoms with Crippen molar-refractivity contribution < 1.29 is 14.0 Å². The van der Waals surface area contributed by atoms with Gasteiger partial charge in [-0.25, -0.2) is 4.39 Å². The van der Waals surface area contributed by atoms with Crippen molar-refractivity contribution in [1.82, 2.24) is 10.6 Å². The molecule has 0 unspecified atom stereocenters. The zero-order chi connectivity index (χ0) is 22.5. The molecule has 0 saturated carbocycles. The highest BCUT2D eigenvalue weighted by Crippen LogP contribution is 2.30. The number of carbonyl (C=O) groups excluding carboxylic acids is 1. The minimum Gasteiger partial charge on any atom is -0.354 e. The smallest absolute Gasteiger partial charge is 0.216 e. The number of aryl methyl sites for hydroxylation is 1. The highest BCUT2D eigenvalue weighted by atomic mass is 32.1. The lowest BCUT2D eigenvalue weighted by Gasteiger charge is -2.39. The van der Waals surface area contributed by atoms with Gasteiger partial charge in [0.1, 0.15) is 11.9 Å². The Balaban J connectivity index is 1.30. The normalized spacial score (nSPS) is 15.5. The van der Waals surface area contributed by atoms with Crippen LogP contribution in [0.1, 0.15) is 29.2 Å². The van der Waals surface area contributed by atoms with Crippen LogP contribution in [0.25, 0.3) is 11.1 Å². The number of thiophene rings is 1. The SMILES string of the molecule is CCc1ccc(CNCc2ccc(-c3ccc(N4C[C@H](CNC(C)=O)O4)cc3F)cc2)s1. The molecule has 1 aliphatic rings. The van der Waals surface area contributed by atoms with Crippen LogP contribution in [0.15, 0.2) is 54.6 Å². The first kappa shape index (κ1) is 22.5. The first-order chi connectivity index (χ1) is 15.5. The number of benzene rings is 2. The molecule has 0 aliphatic carbocycles. The molecule has 0 radical (unpaired) electrons. The number of hydrogen-bond acceptors (Lipinski definition) is 5. The second kappa shape index (κ2) is 10.3. The van der Waals surface area contributed by atoms with Gasteiger partial charge in [-0.2, -0.15) is 0 Å². The van der Waals surface area contributed by atoms with Gasteiger partial charge < -0.3 is 10.6 Å². The number of hydrogen-bond donors (Lipinski definition) is 2. The molecular weight excluding hydrogens is 425 g/mol. The van der Waals surface area contributed by atoms with E-state index in [9.17, 15) is 9.18 Å². The summed E-state index contributed by atoms with van der Waals surface area (Å²) < 4.78 is 14.8. The van der Waals surface area contributed by atoms with Crippen molar-refractivity contribution in [2.24, 2.45) is 0 Å². The number of hydroxylamine groups is 1. The Bertz CT molecular complexity index is 1060. The molecule has 168 valence electrons. The molecule has 1 aliphatic heterocycles. The van der Waals surface area contributed by atoms with Crippen LogP contribution < -0.4 is 15.7 Å². The lowest BCUT2D eigenvalue weighted by atomic mass is 10.0. The average molecular weight is 454 g/mol. The predicted molar refractivity (Wildman–Crippen MR) is 127 cm³/mol. The summed E-state index contributed by atoms with van der Waals surface area (Å²) in [4.78, 5) is 19.3. The summed E-state index contributed by atoms with van der Waals surface area (Å²) in [7, 11) is 0. The van der Waals surface area contributed by atoms with Crippen molar-refractivity contribution in [3.8, 4) is 11.1 Å². The van der Waals surface area contributed by atoms with Gasteiger partial charge >= 0.3 is 0 Å². The summed E-state index contributed by atoms with van der Waals surface area (Å²) in [5.41, 5.74) is 3.24. The largest absolute Gasteiger partial charge is 0.354 e. The monoisotopic (exact) mass is 453 g/mol. The Labute approximate surface area is 192 Å². The molecule has 3 aromatic rings. The van der Waals surface area contributed by atoms with E-state index in [1.807, 2.05) is 41.7 Å². The summed E-state index contributed by atoms with van der Waals surface area (Å²) in [6.07, 6.45) is 1.00. The zero-order valence-corrected chi connectivity index (χ0v) is 19.2. The quantitative estimate of drug-likeness (QED) is 0.495. The van der Waals surface area contributed by atoms with Gasteiger partial charge in [0.05, 0.1) is 12.2 Å². The minimum absolute atomic E-state index is 0.0729. The van der Waals surface area contributed by atoms with Crippen molar-refractivity contribution in [3.63, 3.8) is 0 Å². The molecule has 0 spiro atoms. The second-order valence-corrected chi connectivity index (χ2v) is 9.16. The number of halogens is 1. The molecule has 1 amide bonds. The van der Waals surface area contributed by atoms with Crippen LogP contribution in [0, 0.1) is 5.82 Å². The maximum Gasteiger partial charge on any atom is 0.216 e. The van der Waals surface area contributed by atoms with Gasteiger partial charge in [-0.05, 0) is 41.8 Å². The third-order valence-corrected chi connectivity index (χ3v) is 6.65. The fraction of sp³-hybridized carbons (Fsp3) is 0.320. The van der Waals surface area contributed by atoms with Crippen molar-refractivity contribution >= 4 is 22.9 Å². The number of nitrogens with zero attached hydrogens (tertiary/aromatic N) is 1. The van der Waals surface area contributed by atoms with Crippen LogP contribution in [0.5, 0.6) is 0 Å². The minimum atomic E-state index is -0.285. The topological polar surface area (TPSA) is 53.6 Å². The van der Waals surface area contributed by atoms with Gasteiger partial charge in [-0.1, -0.05) is 31.2 Å². The molecule has 1 saturated heterocycles. The highest BCUT2D eigenvalue weighted by molar-refractivity contribution is 7.11. The Morgan fingerprint density at radius 1 is 1.12 bits per heavy atom. The molecule has 2 aromatic carbocycles. The van der Waals surface area contributed by atoms with Crippen LogP contribution in [0.2, 0.25) is 0 Å². The number of carbonyl (C=O) groups is 1. The molecular formula is C25H28FN3O2S. The molecule has 32 heavy (non-hydrogen) atoms. The maximum atomic E-state index is 14.8. The molecule has 1 atom stereocenters. The summed E-state index contributed by atoms with van der Waals surface area (Å²) in [6, 6.07) is 17.5. The molecule has 5 nitrogen and oxygen atoms in total. The van der Waals surface area contributed by atoms with E-state index in [0.29, 0.717) is 24.3 Å². The van der Waals surface area contributed by atoms with Crippen LogP contribution >= 0.6 is 11.3 Å². The van der Waals surface area contributed by atoms with Crippen LogP contribution in [0.4, 0.5) is 10.1 Å². The number of rotatable bonds is 9. The first-order valence-corrected chi connectivity index (χ1v) is 11.7. The predicted octanol–water partition coefficient (Wildman–Crippen LogP) is 4.66. The fourth-order valence-electron chi connectivity index (χ4n) is 3.61. The third-order valence-electron chi connectivity index (χ3n) is 5.42. The number of nitrogens with one attached hydrogen (secondary N) is 2.